The highest BCUT2D eigenvalue weighted by atomic mass is 16.5. The molecule has 1 aromatic carbocycles. The third-order valence-corrected chi connectivity index (χ3v) is 3.30. The molecule has 0 spiro atoms. The number of benzene rings is 1. The first-order chi connectivity index (χ1) is 9.81. The number of ether oxygens (including phenoxy) is 1. The van der Waals surface area contributed by atoms with Crippen molar-refractivity contribution in [3.05, 3.63) is 59.5 Å². The van der Waals surface area contributed by atoms with Crippen molar-refractivity contribution in [3.8, 4) is 5.75 Å². The van der Waals surface area contributed by atoms with Gasteiger partial charge in [0.05, 0.1) is 7.11 Å². The van der Waals surface area contributed by atoms with Crippen LogP contribution in [0, 0.1) is 0 Å². The number of nitrogens with two attached hydrogens (primary N) is 1. The number of hydrogen-bond acceptors (Lipinski definition) is 4. The fourth-order valence-electron chi connectivity index (χ4n) is 2.26. The first kappa shape index (κ1) is 12.6. The van der Waals surface area contributed by atoms with Gasteiger partial charge in [0.2, 0.25) is 0 Å². The minimum atomic E-state index is 0.460. The lowest BCUT2D eigenvalue weighted by Gasteiger charge is -2.04. The molecular weight excluding hydrogens is 252 g/mol. The molecule has 0 amide bonds. The number of pyridine rings is 1. The lowest BCUT2D eigenvalue weighted by atomic mass is 10.1. The van der Waals surface area contributed by atoms with Crippen LogP contribution >= 0.6 is 0 Å². The van der Waals surface area contributed by atoms with Crippen molar-refractivity contribution in [2.75, 3.05) is 7.11 Å². The monoisotopic (exact) mass is 268 g/mol. The second-order valence-electron chi connectivity index (χ2n) is 4.58. The molecule has 102 valence electrons. The van der Waals surface area contributed by atoms with Crippen LogP contribution in [0.5, 0.6) is 5.75 Å². The predicted octanol–water partition coefficient (Wildman–Crippen LogP) is 1.79. The molecule has 3 rings (SSSR count). The molecule has 20 heavy (non-hydrogen) atoms. The fourth-order valence-corrected chi connectivity index (χ4v) is 2.26. The van der Waals surface area contributed by atoms with Crippen LogP contribution in [0.15, 0.2) is 42.6 Å². The second kappa shape index (κ2) is 5.30. The largest absolute Gasteiger partial charge is 0.497 e. The van der Waals surface area contributed by atoms with Gasteiger partial charge in [-0.05, 0) is 23.8 Å². The summed E-state index contributed by atoms with van der Waals surface area (Å²) in [5.41, 5.74) is 8.68. The molecule has 5 nitrogen and oxygen atoms in total. The maximum absolute atomic E-state index is 5.72. The van der Waals surface area contributed by atoms with Gasteiger partial charge < -0.3 is 10.5 Å². The van der Waals surface area contributed by atoms with E-state index in [2.05, 4.69) is 16.3 Å². The summed E-state index contributed by atoms with van der Waals surface area (Å²) in [6.07, 6.45) is 2.66. The van der Waals surface area contributed by atoms with E-state index in [1.807, 2.05) is 40.9 Å². The molecule has 3 aromatic rings. The Morgan fingerprint density at radius 1 is 1.20 bits per heavy atom. The van der Waals surface area contributed by atoms with Gasteiger partial charge in [-0.2, -0.15) is 0 Å². The van der Waals surface area contributed by atoms with E-state index in [0.29, 0.717) is 13.0 Å². The summed E-state index contributed by atoms with van der Waals surface area (Å²) in [7, 11) is 1.67. The highest BCUT2D eigenvalue weighted by molar-refractivity contribution is 5.47. The zero-order valence-electron chi connectivity index (χ0n) is 11.3. The highest BCUT2D eigenvalue weighted by Gasteiger charge is 2.09. The van der Waals surface area contributed by atoms with E-state index in [9.17, 15) is 0 Å². The third kappa shape index (κ3) is 2.23. The minimum absolute atomic E-state index is 0.460. The van der Waals surface area contributed by atoms with Crippen molar-refractivity contribution >= 4 is 5.65 Å². The van der Waals surface area contributed by atoms with Crippen molar-refractivity contribution in [2.45, 2.75) is 13.0 Å². The quantitative estimate of drug-likeness (QED) is 0.783. The van der Waals surface area contributed by atoms with Crippen LogP contribution in [0.2, 0.25) is 0 Å². The average molecular weight is 268 g/mol. The Morgan fingerprint density at radius 2 is 2.10 bits per heavy atom. The maximum atomic E-state index is 5.72. The summed E-state index contributed by atoms with van der Waals surface area (Å²) >= 11 is 0. The molecule has 5 heteroatoms. The highest BCUT2D eigenvalue weighted by Crippen LogP contribution is 2.17. The molecule has 0 bridgehead atoms. The SMILES string of the molecule is COc1cccc(Cc2nnc3c(CN)cccn23)c1. The molecule has 2 heterocycles. The normalized spacial score (nSPS) is 10.9. The smallest absolute Gasteiger partial charge is 0.165 e. The summed E-state index contributed by atoms with van der Waals surface area (Å²) in [5, 5.41) is 8.50. The molecule has 2 aromatic heterocycles. The topological polar surface area (TPSA) is 65.4 Å². The molecule has 2 N–H and O–H groups in total. The van der Waals surface area contributed by atoms with Gasteiger partial charge in [0, 0.05) is 24.7 Å². The molecule has 0 aliphatic rings. The summed E-state index contributed by atoms with van der Waals surface area (Å²) in [6.45, 7) is 0.460. The fraction of sp³-hybridized carbons (Fsp3) is 0.200. The van der Waals surface area contributed by atoms with E-state index in [-0.39, 0.29) is 0 Å². The van der Waals surface area contributed by atoms with E-state index >= 15 is 0 Å². The van der Waals surface area contributed by atoms with E-state index in [1.54, 1.807) is 7.11 Å². The first-order valence-corrected chi connectivity index (χ1v) is 6.46. The van der Waals surface area contributed by atoms with E-state index in [0.717, 1.165) is 28.3 Å². The first-order valence-electron chi connectivity index (χ1n) is 6.46. The number of methoxy groups -OCH3 is 1. The van der Waals surface area contributed by atoms with Crippen molar-refractivity contribution < 1.29 is 4.74 Å². The Kier molecular flexibility index (Phi) is 3.35. The van der Waals surface area contributed by atoms with Gasteiger partial charge in [-0.25, -0.2) is 0 Å². The molecule has 0 unspecified atom stereocenters. The van der Waals surface area contributed by atoms with Gasteiger partial charge in [-0.15, -0.1) is 10.2 Å². The maximum Gasteiger partial charge on any atom is 0.165 e. The molecule has 0 radical (unpaired) electrons. The molecule has 0 aliphatic heterocycles. The summed E-state index contributed by atoms with van der Waals surface area (Å²) in [5.74, 6) is 1.74. The third-order valence-electron chi connectivity index (χ3n) is 3.30. The van der Waals surface area contributed by atoms with Crippen LogP contribution in [-0.2, 0) is 13.0 Å². The predicted molar refractivity (Wildman–Crippen MR) is 76.7 cm³/mol. The van der Waals surface area contributed by atoms with Crippen LogP contribution < -0.4 is 10.5 Å². The van der Waals surface area contributed by atoms with Gasteiger partial charge in [0.25, 0.3) is 0 Å². The lowest BCUT2D eigenvalue weighted by Crippen LogP contribution is -2.01. The van der Waals surface area contributed by atoms with Crippen LogP contribution in [0.1, 0.15) is 17.0 Å². The average Bonchev–Trinajstić information content (AvgIpc) is 2.90. The van der Waals surface area contributed by atoms with Crippen molar-refractivity contribution in [1.29, 1.82) is 0 Å². The zero-order chi connectivity index (χ0) is 13.9. The standard InChI is InChI=1S/C15H16N4O/c1-20-13-6-2-4-11(8-13)9-14-17-18-15-12(10-16)5-3-7-19(14)15/h2-8H,9-10,16H2,1H3. The van der Waals surface area contributed by atoms with Crippen LogP contribution in [-0.4, -0.2) is 21.7 Å². The Balaban J connectivity index is 1.98. The number of rotatable bonds is 4. The van der Waals surface area contributed by atoms with Crippen molar-refractivity contribution in [1.82, 2.24) is 14.6 Å². The number of aromatic nitrogens is 3. The molecule has 0 aliphatic carbocycles. The van der Waals surface area contributed by atoms with Crippen LogP contribution in [0.4, 0.5) is 0 Å². The summed E-state index contributed by atoms with van der Waals surface area (Å²) in [6, 6.07) is 11.9. The minimum Gasteiger partial charge on any atom is -0.497 e. The molecule has 0 saturated heterocycles. The zero-order valence-corrected chi connectivity index (χ0v) is 11.3. The molecule has 0 saturated carbocycles. The van der Waals surface area contributed by atoms with E-state index in [4.69, 9.17) is 10.5 Å². The Bertz CT molecular complexity index is 736. The van der Waals surface area contributed by atoms with Gasteiger partial charge in [0.15, 0.2) is 5.65 Å². The van der Waals surface area contributed by atoms with Crippen molar-refractivity contribution in [2.24, 2.45) is 5.73 Å². The molecule has 0 atom stereocenters. The summed E-state index contributed by atoms with van der Waals surface area (Å²) < 4.78 is 7.23. The summed E-state index contributed by atoms with van der Waals surface area (Å²) in [4.78, 5) is 0. The Hall–Kier alpha value is -2.40. The van der Waals surface area contributed by atoms with Crippen molar-refractivity contribution in [3.63, 3.8) is 0 Å². The second-order valence-corrected chi connectivity index (χ2v) is 4.58. The molecule has 0 fully saturated rings. The molecular formula is C15H16N4O. The Labute approximate surface area is 117 Å². The van der Waals surface area contributed by atoms with Gasteiger partial charge in [-0.3, -0.25) is 4.40 Å². The van der Waals surface area contributed by atoms with Gasteiger partial charge >= 0.3 is 0 Å². The Morgan fingerprint density at radius 3 is 2.90 bits per heavy atom. The van der Waals surface area contributed by atoms with Crippen LogP contribution in [0.25, 0.3) is 5.65 Å². The number of nitrogens with zero attached hydrogens (tertiary/aromatic N) is 3. The number of hydrogen-bond donors (Lipinski definition) is 1. The van der Waals surface area contributed by atoms with Crippen LogP contribution in [0.3, 0.4) is 0 Å². The van der Waals surface area contributed by atoms with Gasteiger partial charge in [-0.1, -0.05) is 18.2 Å². The van der Waals surface area contributed by atoms with E-state index in [1.165, 1.54) is 0 Å². The van der Waals surface area contributed by atoms with Gasteiger partial charge in [0.1, 0.15) is 11.6 Å². The number of fused-ring (bicyclic) bond motifs is 1. The lowest BCUT2D eigenvalue weighted by molar-refractivity contribution is 0.414. The van der Waals surface area contributed by atoms with E-state index < -0.39 is 0 Å².